The molecule has 1 aromatic heterocycles. The molecule has 104 valence electrons. The Kier molecular flexibility index (Phi) is 4.14. The van der Waals surface area contributed by atoms with E-state index in [-0.39, 0.29) is 0 Å². The van der Waals surface area contributed by atoms with Gasteiger partial charge in [-0.25, -0.2) is 0 Å². The summed E-state index contributed by atoms with van der Waals surface area (Å²) >= 11 is 0. The molecule has 0 unspecified atom stereocenters. The monoisotopic (exact) mass is 259 g/mol. The molecular weight excluding hydrogens is 234 g/mol. The maximum Gasteiger partial charge on any atom is 0.0315 e. The standard InChI is InChI=1S/C16H25N3/c1-13-4-7-17-11-15(13)12-19-8-5-16(6-9-19)18-10-14-2-3-14/h4,7,11,14,16,18H,2-3,5-6,8-10,12H2,1H3. The van der Waals surface area contributed by atoms with E-state index >= 15 is 0 Å². The minimum Gasteiger partial charge on any atom is -0.314 e. The fourth-order valence-electron chi connectivity index (χ4n) is 2.85. The Morgan fingerprint density at radius 1 is 1.26 bits per heavy atom. The van der Waals surface area contributed by atoms with Crippen LogP contribution in [0.3, 0.4) is 0 Å². The number of nitrogens with zero attached hydrogens (tertiary/aromatic N) is 2. The molecule has 0 bridgehead atoms. The fourth-order valence-corrected chi connectivity index (χ4v) is 2.85. The zero-order valence-electron chi connectivity index (χ0n) is 11.9. The van der Waals surface area contributed by atoms with Gasteiger partial charge in [0.05, 0.1) is 0 Å². The number of rotatable bonds is 5. The molecule has 1 aromatic rings. The van der Waals surface area contributed by atoms with E-state index in [0.717, 1.165) is 18.5 Å². The quantitative estimate of drug-likeness (QED) is 0.880. The lowest BCUT2D eigenvalue weighted by molar-refractivity contribution is 0.189. The van der Waals surface area contributed by atoms with E-state index in [1.54, 1.807) is 0 Å². The van der Waals surface area contributed by atoms with Crippen LogP contribution in [-0.2, 0) is 6.54 Å². The summed E-state index contributed by atoms with van der Waals surface area (Å²) < 4.78 is 0. The molecule has 3 rings (SSSR count). The maximum absolute atomic E-state index is 4.24. The first-order valence-corrected chi connectivity index (χ1v) is 7.66. The Morgan fingerprint density at radius 3 is 2.74 bits per heavy atom. The van der Waals surface area contributed by atoms with Gasteiger partial charge in [0.1, 0.15) is 0 Å². The van der Waals surface area contributed by atoms with Crippen LogP contribution >= 0.6 is 0 Å². The first-order valence-electron chi connectivity index (χ1n) is 7.66. The molecule has 1 saturated carbocycles. The maximum atomic E-state index is 4.24. The van der Waals surface area contributed by atoms with E-state index in [1.807, 2.05) is 12.4 Å². The minimum absolute atomic E-state index is 0.756. The smallest absolute Gasteiger partial charge is 0.0315 e. The zero-order valence-corrected chi connectivity index (χ0v) is 11.9. The van der Waals surface area contributed by atoms with Crippen molar-refractivity contribution in [2.24, 2.45) is 5.92 Å². The average Bonchev–Trinajstić information content (AvgIpc) is 3.25. The van der Waals surface area contributed by atoms with E-state index in [2.05, 4.69) is 28.2 Å². The summed E-state index contributed by atoms with van der Waals surface area (Å²) in [6.07, 6.45) is 9.40. The molecule has 1 N–H and O–H groups in total. The number of piperidine rings is 1. The second-order valence-electron chi connectivity index (χ2n) is 6.20. The van der Waals surface area contributed by atoms with Crippen LogP contribution in [0.25, 0.3) is 0 Å². The van der Waals surface area contributed by atoms with E-state index < -0.39 is 0 Å². The lowest BCUT2D eigenvalue weighted by atomic mass is 10.0. The Hall–Kier alpha value is -0.930. The van der Waals surface area contributed by atoms with Gasteiger partial charge in [-0.2, -0.15) is 0 Å². The lowest BCUT2D eigenvalue weighted by Gasteiger charge is -2.32. The normalized spacial score (nSPS) is 21.7. The van der Waals surface area contributed by atoms with Crippen LogP contribution in [0.15, 0.2) is 18.5 Å². The van der Waals surface area contributed by atoms with Crippen molar-refractivity contribution in [3.8, 4) is 0 Å². The topological polar surface area (TPSA) is 28.2 Å². The predicted octanol–water partition coefficient (Wildman–Crippen LogP) is 2.35. The Balaban J connectivity index is 1.43. The molecule has 0 atom stereocenters. The third-order valence-electron chi connectivity index (χ3n) is 4.52. The minimum atomic E-state index is 0.756. The first kappa shape index (κ1) is 13.1. The molecule has 0 amide bonds. The number of aromatic nitrogens is 1. The van der Waals surface area contributed by atoms with Crippen molar-refractivity contribution in [3.63, 3.8) is 0 Å². The van der Waals surface area contributed by atoms with Crippen LogP contribution in [0.1, 0.15) is 36.8 Å². The molecule has 1 aliphatic carbocycles. The van der Waals surface area contributed by atoms with E-state index in [9.17, 15) is 0 Å². The molecule has 3 nitrogen and oxygen atoms in total. The number of aryl methyl sites for hydroxylation is 1. The van der Waals surface area contributed by atoms with Crippen LogP contribution in [0, 0.1) is 12.8 Å². The molecule has 1 saturated heterocycles. The molecule has 0 radical (unpaired) electrons. The largest absolute Gasteiger partial charge is 0.314 e. The molecule has 1 aliphatic heterocycles. The van der Waals surface area contributed by atoms with Crippen LogP contribution in [0.5, 0.6) is 0 Å². The van der Waals surface area contributed by atoms with Gasteiger partial charge in [-0.05, 0) is 75.4 Å². The van der Waals surface area contributed by atoms with Crippen LogP contribution in [-0.4, -0.2) is 35.6 Å². The summed E-state index contributed by atoms with van der Waals surface area (Å²) in [5, 5.41) is 3.74. The molecule has 0 spiro atoms. The third-order valence-corrected chi connectivity index (χ3v) is 4.52. The molecule has 2 fully saturated rings. The highest BCUT2D eigenvalue weighted by Gasteiger charge is 2.24. The molecule has 19 heavy (non-hydrogen) atoms. The van der Waals surface area contributed by atoms with Crippen molar-refractivity contribution in [1.82, 2.24) is 15.2 Å². The highest BCUT2D eigenvalue weighted by molar-refractivity contribution is 5.21. The SMILES string of the molecule is Cc1ccncc1CN1CCC(NCC2CC2)CC1. The van der Waals surface area contributed by atoms with E-state index in [4.69, 9.17) is 0 Å². The summed E-state index contributed by atoms with van der Waals surface area (Å²) in [5.41, 5.74) is 2.75. The van der Waals surface area contributed by atoms with Gasteiger partial charge >= 0.3 is 0 Å². The number of hydrogen-bond acceptors (Lipinski definition) is 3. The van der Waals surface area contributed by atoms with Gasteiger partial charge in [0, 0.05) is 25.0 Å². The van der Waals surface area contributed by atoms with Crippen molar-refractivity contribution in [2.45, 2.75) is 45.2 Å². The van der Waals surface area contributed by atoms with Crippen molar-refractivity contribution in [1.29, 1.82) is 0 Å². The highest BCUT2D eigenvalue weighted by atomic mass is 15.1. The van der Waals surface area contributed by atoms with Gasteiger partial charge in [0.25, 0.3) is 0 Å². The fraction of sp³-hybridized carbons (Fsp3) is 0.688. The molecule has 2 aliphatic rings. The van der Waals surface area contributed by atoms with E-state index in [1.165, 1.54) is 56.4 Å². The number of pyridine rings is 1. The van der Waals surface area contributed by atoms with Crippen molar-refractivity contribution in [3.05, 3.63) is 29.6 Å². The Labute approximate surface area is 116 Å². The predicted molar refractivity (Wildman–Crippen MR) is 78.0 cm³/mol. The van der Waals surface area contributed by atoms with Crippen LogP contribution in [0.4, 0.5) is 0 Å². The molecule has 3 heteroatoms. The number of nitrogens with one attached hydrogen (secondary N) is 1. The second-order valence-corrected chi connectivity index (χ2v) is 6.20. The highest BCUT2D eigenvalue weighted by Crippen LogP contribution is 2.28. The summed E-state index contributed by atoms with van der Waals surface area (Å²) in [5.74, 6) is 0.996. The average molecular weight is 259 g/mol. The molecular formula is C16H25N3. The molecule has 2 heterocycles. The van der Waals surface area contributed by atoms with Crippen molar-refractivity contribution < 1.29 is 0 Å². The third kappa shape index (κ3) is 3.77. The van der Waals surface area contributed by atoms with E-state index in [0.29, 0.717) is 0 Å². The van der Waals surface area contributed by atoms with Crippen LogP contribution in [0.2, 0.25) is 0 Å². The van der Waals surface area contributed by atoms with Crippen LogP contribution < -0.4 is 5.32 Å². The number of likely N-dealkylation sites (tertiary alicyclic amines) is 1. The van der Waals surface area contributed by atoms with Crippen molar-refractivity contribution in [2.75, 3.05) is 19.6 Å². The zero-order chi connectivity index (χ0) is 13.1. The van der Waals surface area contributed by atoms with Gasteiger partial charge in [-0.15, -0.1) is 0 Å². The Bertz CT molecular complexity index is 406. The second kappa shape index (κ2) is 6.02. The summed E-state index contributed by atoms with van der Waals surface area (Å²) in [6, 6.07) is 2.87. The number of hydrogen-bond donors (Lipinski definition) is 1. The van der Waals surface area contributed by atoms with Gasteiger partial charge in [-0.3, -0.25) is 9.88 Å². The molecule has 0 aromatic carbocycles. The summed E-state index contributed by atoms with van der Waals surface area (Å²) in [7, 11) is 0. The van der Waals surface area contributed by atoms with Gasteiger partial charge < -0.3 is 5.32 Å². The summed E-state index contributed by atoms with van der Waals surface area (Å²) in [6.45, 7) is 6.94. The van der Waals surface area contributed by atoms with Gasteiger partial charge in [0.15, 0.2) is 0 Å². The lowest BCUT2D eigenvalue weighted by Crippen LogP contribution is -2.42. The van der Waals surface area contributed by atoms with Gasteiger partial charge in [0.2, 0.25) is 0 Å². The van der Waals surface area contributed by atoms with Crippen molar-refractivity contribution >= 4 is 0 Å². The first-order chi connectivity index (χ1) is 9.31. The van der Waals surface area contributed by atoms with Gasteiger partial charge in [-0.1, -0.05) is 0 Å². The Morgan fingerprint density at radius 2 is 2.05 bits per heavy atom. The summed E-state index contributed by atoms with van der Waals surface area (Å²) in [4.78, 5) is 6.81.